The third-order valence-corrected chi connectivity index (χ3v) is 7.55. The number of hydrogen-bond acceptors (Lipinski definition) is 3. The monoisotopic (exact) mass is 449 g/mol. The largest absolute Gasteiger partial charge is 0.494 e. The first-order valence-electron chi connectivity index (χ1n) is 11.6. The number of amides is 1. The number of piperidine rings is 1. The minimum absolute atomic E-state index is 0.0489. The van der Waals surface area contributed by atoms with Gasteiger partial charge in [-0.2, -0.15) is 0 Å². The Balaban J connectivity index is 1.74. The van der Waals surface area contributed by atoms with E-state index in [0.29, 0.717) is 12.2 Å². The number of thiophene rings is 1. The van der Waals surface area contributed by atoms with Gasteiger partial charge in [0.2, 0.25) is 0 Å². The van der Waals surface area contributed by atoms with Gasteiger partial charge in [-0.15, -0.1) is 11.3 Å². The lowest BCUT2D eigenvalue weighted by atomic mass is 9.93. The van der Waals surface area contributed by atoms with Crippen LogP contribution in [0.4, 0.5) is 5.00 Å². The van der Waals surface area contributed by atoms with Crippen LogP contribution < -0.4 is 15.0 Å². The number of likely N-dealkylation sites (tertiary alicyclic amines) is 1. The first kappa shape index (κ1) is 22.6. The van der Waals surface area contributed by atoms with Gasteiger partial charge >= 0.3 is 0 Å². The van der Waals surface area contributed by atoms with Gasteiger partial charge in [0, 0.05) is 16.0 Å². The topological polar surface area (TPSA) is 42.8 Å². The van der Waals surface area contributed by atoms with E-state index < -0.39 is 0 Å². The predicted molar refractivity (Wildman–Crippen MR) is 132 cm³/mol. The number of nitrogens with one attached hydrogen (secondary N) is 2. The molecule has 2 aromatic carbocycles. The fourth-order valence-corrected chi connectivity index (χ4v) is 5.77. The van der Waals surface area contributed by atoms with E-state index in [9.17, 15) is 4.79 Å². The zero-order valence-corrected chi connectivity index (χ0v) is 20.1. The van der Waals surface area contributed by atoms with Gasteiger partial charge in [-0.1, -0.05) is 18.2 Å². The van der Waals surface area contributed by atoms with Crippen molar-refractivity contribution in [2.75, 3.05) is 25.0 Å². The van der Waals surface area contributed by atoms with Crippen molar-refractivity contribution < 1.29 is 14.4 Å². The van der Waals surface area contributed by atoms with E-state index in [0.717, 1.165) is 23.8 Å². The quantitative estimate of drug-likeness (QED) is 0.522. The molecule has 2 N–H and O–H groups in total. The van der Waals surface area contributed by atoms with E-state index in [1.54, 1.807) is 16.2 Å². The molecule has 1 atom stereocenters. The number of carbonyl (C=O) groups is 1. The van der Waals surface area contributed by atoms with Crippen LogP contribution in [0.2, 0.25) is 0 Å². The van der Waals surface area contributed by atoms with E-state index in [1.807, 2.05) is 37.3 Å². The lowest BCUT2D eigenvalue weighted by Crippen LogP contribution is -3.13. The maximum atomic E-state index is 13.0. The number of aryl methyl sites for hydroxylation is 1. The molecule has 1 aliphatic heterocycles. The van der Waals surface area contributed by atoms with Crippen LogP contribution >= 0.6 is 11.3 Å². The molecule has 0 unspecified atom stereocenters. The van der Waals surface area contributed by atoms with Crippen LogP contribution in [-0.4, -0.2) is 25.6 Å². The molecule has 4 rings (SSSR count). The van der Waals surface area contributed by atoms with Gasteiger partial charge in [0.25, 0.3) is 5.91 Å². The van der Waals surface area contributed by atoms with E-state index in [1.165, 1.54) is 40.8 Å². The number of anilines is 1. The number of benzene rings is 2. The Kier molecular flexibility index (Phi) is 7.28. The Bertz CT molecular complexity index is 1040. The van der Waals surface area contributed by atoms with Crippen molar-refractivity contribution in [3.05, 3.63) is 81.7 Å². The number of carbonyl (C=O) groups excluding carboxylic acids is 1. The first-order chi connectivity index (χ1) is 15.6. The van der Waals surface area contributed by atoms with Crippen molar-refractivity contribution in [3.8, 4) is 5.75 Å². The van der Waals surface area contributed by atoms with E-state index in [-0.39, 0.29) is 11.9 Å². The SMILES string of the molecule is CCOc1ccc([C@@H](c2c(NC(=O)c3ccccc3)sc(C)c2C)[NH+]2CCCCC2)cc1. The standard InChI is InChI=1S/C27H32N2O2S/c1-4-31-23-15-13-21(14-16-23)25(29-17-9-6-10-18-29)24-19(2)20(3)32-27(24)28-26(30)22-11-7-5-8-12-22/h5,7-8,11-16,25H,4,6,9-10,17-18H2,1-3H3,(H,28,30)/p+1/t25-/m0/s1. The molecule has 0 bridgehead atoms. The highest BCUT2D eigenvalue weighted by atomic mass is 32.1. The second-order valence-electron chi connectivity index (χ2n) is 8.50. The summed E-state index contributed by atoms with van der Waals surface area (Å²) in [7, 11) is 0. The van der Waals surface area contributed by atoms with E-state index >= 15 is 0 Å². The Morgan fingerprint density at radius 1 is 1.03 bits per heavy atom. The summed E-state index contributed by atoms with van der Waals surface area (Å²) in [6.45, 7) is 9.33. The second kappa shape index (κ2) is 10.3. The van der Waals surface area contributed by atoms with Crippen molar-refractivity contribution in [2.45, 2.75) is 46.1 Å². The molecular weight excluding hydrogens is 416 g/mol. The van der Waals surface area contributed by atoms with Crippen LogP contribution in [0.1, 0.15) is 64.2 Å². The van der Waals surface area contributed by atoms with Crippen LogP contribution in [0.5, 0.6) is 5.75 Å². The zero-order valence-electron chi connectivity index (χ0n) is 19.2. The molecule has 0 saturated carbocycles. The summed E-state index contributed by atoms with van der Waals surface area (Å²) >= 11 is 1.69. The van der Waals surface area contributed by atoms with Gasteiger partial charge in [-0.25, -0.2) is 0 Å². The Morgan fingerprint density at radius 3 is 2.38 bits per heavy atom. The predicted octanol–water partition coefficient (Wildman–Crippen LogP) is 5.17. The number of quaternary nitrogens is 1. The summed E-state index contributed by atoms with van der Waals surface area (Å²) in [6, 6.07) is 18.2. The summed E-state index contributed by atoms with van der Waals surface area (Å²) in [4.78, 5) is 15.9. The summed E-state index contributed by atoms with van der Waals surface area (Å²) in [5.74, 6) is 0.853. The van der Waals surface area contributed by atoms with Crippen LogP contribution in [0.25, 0.3) is 0 Å². The molecule has 0 spiro atoms. The molecule has 3 aromatic rings. The van der Waals surface area contributed by atoms with E-state index in [2.05, 4.69) is 43.4 Å². The molecular formula is C27H33N2O2S+. The fraction of sp³-hybridized carbons (Fsp3) is 0.370. The van der Waals surface area contributed by atoms with Crippen molar-refractivity contribution in [1.29, 1.82) is 0 Å². The molecule has 1 aromatic heterocycles. The van der Waals surface area contributed by atoms with Crippen LogP contribution in [-0.2, 0) is 0 Å². The maximum absolute atomic E-state index is 13.0. The van der Waals surface area contributed by atoms with Gasteiger partial charge in [0.05, 0.1) is 25.3 Å². The Hall–Kier alpha value is -2.63. The number of hydrogen-bond donors (Lipinski definition) is 2. The minimum atomic E-state index is -0.0489. The van der Waals surface area contributed by atoms with Gasteiger partial charge in [-0.05, 0) is 82.0 Å². The van der Waals surface area contributed by atoms with E-state index in [4.69, 9.17) is 4.74 Å². The fourth-order valence-electron chi connectivity index (χ4n) is 4.67. The third kappa shape index (κ3) is 4.89. The normalized spacial score (nSPS) is 15.3. The first-order valence-corrected chi connectivity index (χ1v) is 12.4. The molecule has 2 heterocycles. The van der Waals surface area contributed by atoms with Crippen molar-refractivity contribution >= 4 is 22.2 Å². The molecule has 1 fully saturated rings. The average Bonchev–Trinajstić information content (AvgIpc) is 3.09. The number of rotatable bonds is 7. The van der Waals surface area contributed by atoms with Gasteiger partial charge in [0.1, 0.15) is 16.8 Å². The summed E-state index contributed by atoms with van der Waals surface area (Å²) in [6.07, 6.45) is 3.80. The highest BCUT2D eigenvalue weighted by Crippen LogP contribution is 2.39. The summed E-state index contributed by atoms with van der Waals surface area (Å²) in [5, 5.41) is 4.23. The molecule has 0 radical (unpaired) electrons. The molecule has 168 valence electrons. The molecule has 4 nitrogen and oxygen atoms in total. The summed E-state index contributed by atoms with van der Waals surface area (Å²) in [5.41, 5.74) is 4.51. The Labute approximate surface area is 195 Å². The molecule has 1 saturated heterocycles. The third-order valence-electron chi connectivity index (χ3n) is 6.41. The molecule has 1 aliphatic rings. The Morgan fingerprint density at radius 2 is 1.72 bits per heavy atom. The smallest absolute Gasteiger partial charge is 0.256 e. The number of ether oxygens (including phenoxy) is 1. The van der Waals surface area contributed by atoms with Crippen LogP contribution in [0.3, 0.4) is 0 Å². The van der Waals surface area contributed by atoms with Crippen molar-refractivity contribution in [2.24, 2.45) is 0 Å². The zero-order chi connectivity index (χ0) is 22.5. The van der Waals surface area contributed by atoms with Gasteiger partial charge in [0.15, 0.2) is 0 Å². The highest BCUT2D eigenvalue weighted by Gasteiger charge is 2.33. The molecule has 5 heteroatoms. The lowest BCUT2D eigenvalue weighted by molar-refractivity contribution is -0.930. The van der Waals surface area contributed by atoms with Crippen molar-refractivity contribution in [1.82, 2.24) is 0 Å². The maximum Gasteiger partial charge on any atom is 0.256 e. The van der Waals surface area contributed by atoms with Gasteiger partial charge < -0.3 is 15.0 Å². The molecule has 0 aliphatic carbocycles. The second-order valence-corrected chi connectivity index (χ2v) is 9.72. The van der Waals surface area contributed by atoms with Gasteiger partial charge in [-0.3, -0.25) is 4.79 Å². The van der Waals surface area contributed by atoms with Crippen molar-refractivity contribution in [3.63, 3.8) is 0 Å². The lowest BCUT2D eigenvalue weighted by Gasteiger charge is -2.33. The minimum Gasteiger partial charge on any atom is -0.494 e. The summed E-state index contributed by atoms with van der Waals surface area (Å²) < 4.78 is 5.68. The molecule has 32 heavy (non-hydrogen) atoms. The van der Waals surface area contributed by atoms with Crippen LogP contribution in [0.15, 0.2) is 54.6 Å². The average molecular weight is 450 g/mol. The van der Waals surface area contributed by atoms with Crippen LogP contribution in [0, 0.1) is 13.8 Å². The highest BCUT2D eigenvalue weighted by molar-refractivity contribution is 7.16. The molecule has 1 amide bonds.